The number of ether oxygens (including phenoxy) is 2. The van der Waals surface area contributed by atoms with Crippen LogP contribution >= 0.6 is 39.9 Å². The van der Waals surface area contributed by atoms with Gasteiger partial charge in [0.15, 0.2) is 4.32 Å². The number of carbonyl (C=O) groups is 2. The summed E-state index contributed by atoms with van der Waals surface area (Å²) in [6.07, 6.45) is 1.66. The fourth-order valence-corrected chi connectivity index (χ4v) is 4.67. The average molecular weight is 573 g/mol. The van der Waals surface area contributed by atoms with E-state index in [4.69, 9.17) is 21.7 Å². The summed E-state index contributed by atoms with van der Waals surface area (Å²) in [5.74, 6) is -0.104. The minimum Gasteiger partial charge on any atom is -0.497 e. The molecule has 0 bridgehead atoms. The van der Waals surface area contributed by atoms with Gasteiger partial charge in [-0.25, -0.2) is 4.39 Å². The summed E-state index contributed by atoms with van der Waals surface area (Å²) in [6, 6.07) is 17.9. The van der Waals surface area contributed by atoms with Gasteiger partial charge in [-0.05, 0) is 78.5 Å². The van der Waals surface area contributed by atoms with Gasteiger partial charge >= 0.3 is 0 Å². The Morgan fingerprint density at radius 1 is 1.14 bits per heavy atom. The van der Waals surface area contributed by atoms with Gasteiger partial charge < -0.3 is 9.47 Å². The quantitative estimate of drug-likeness (QED) is 0.288. The third kappa shape index (κ3) is 6.08. The first-order chi connectivity index (χ1) is 16.8. The van der Waals surface area contributed by atoms with E-state index >= 15 is 0 Å². The third-order valence-electron chi connectivity index (χ3n) is 4.93. The molecule has 4 rings (SSSR count). The fourth-order valence-electron chi connectivity index (χ4n) is 3.12. The number of halogens is 2. The Bertz CT molecular complexity index is 1310. The van der Waals surface area contributed by atoms with Crippen molar-refractivity contribution in [3.05, 3.63) is 98.6 Å². The van der Waals surface area contributed by atoms with Gasteiger partial charge in [0.2, 0.25) is 0 Å². The van der Waals surface area contributed by atoms with Crippen LogP contribution in [0.15, 0.2) is 76.1 Å². The molecule has 3 aromatic carbocycles. The predicted octanol–water partition coefficient (Wildman–Crippen LogP) is 5.72. The molecule has 178 valence electrons. The van der Waals surface area contributed by atoms with E-state index in [0.29, 0.717) is 27.5 Å². The zero-order valence-electron chi connectivity index (χ0n) is 18.3. The zero-order chi connectivity index (χ0) is 24.9. The average Bonchev–Trinajstić information content (AvgIpc) is 3.12. The SMILES string of the molecule is COc1ccc(C(=O)NN2C(=O)/C(=C/c3cc(Br)ccc3OCc3ccc(F)cc3)SC2=S)cc1. The summed E-state index contributed by atoms with van der Waals surface area (Å²) in [4.78, 5) is 26.0. The summed E-state index contributed by atoms with van der Waals surface area (Å²) >= 11 is 9.83. The van der Waals surface area contributed by atoms with E-state index < -0.39 is 11.8 Å². The minimum absolute atomic E-state index is 0.201. The maximum atomic E-state index is 13.2. The van der Waals surface area contributed by atoms with E-state index in [1.54, 1.807) is 48.5 Å². The molecule has 35 heavy (non-hydrogen) atoms. The molecule has 1 fully saturated rings. The van der Waals surface area contributed by atoms with Crippen LogP contribution in [0.2, 0.25) is 0 Å². The molecule has 0 unspecified atom stereocenters. The second kappa shape index (κ2) is 11.0. The lowest BCUT2D eigenvalue weighted by atomic mass is 10.1. The van der Waals surface area contributed by atoms with Crippen LogP contribution in [0.3, 0.4) is 0 Å². The number of methoxy groups -OCH3 is 1. The lowest BCUT2D eigenvalue weighted by Crippen LogP contribution is -2.44. The number of carbonyl (C=O) groups excluding carboxylic acids is 2. The Balaban J connectivity index is 1.50. The van der Waals surface area contributed by atoms with Crippen molar-refractivity contribution in [3.8, 4) is 11.5 Å². The first-order valence-electron chi connectivity index (χ1n) is 10.2. The number of hydrogen-bond acceptors (Lipinski definition) is 6. The smallest absolute Gasteiger partial charge is 0.285 e. The highest BCUT2D eigenvalue weighted by molar-refractivity contribution is 9.10. The molecule has 1 aliphatic rings. The van der Waals surface area contributed by atoms with E-state index in [0.717, 1.165) is 26.8 Å². The second-order valence-corrected chi connectivity index (χ2v) is 9.88. The van der Waals surface area contributed by atoms with Gasteiger partial charge in [0, 0.05) is 15.6 Å². The van der Waals surface area contributed by atoms with Crippen LogP contribution in [0, 0.1) is 5.82 Å². The number of nitrogens with zero attached hydrogens (tertiary/aromatic N) is 1. The van der Waals surface area contributed by atoms with E-state index in [-0.39, 0.29) is 16.7 Å². The maximum Gasteiger partial charge on any atom is 0.285 e. The van der Waals surface area contributed by atoms with Gasteiger partial charge in [0.25, 0.3) is 11.8 Å². The van der Waals surface area contributed by atoms with Crippen LogP contribution in [-0.2, 0) is 11.4 Å². The van der Waals surface area contributed by atoms with Gasteiger partial charge in [-0.2, -0.15) is 5.01 Å². The van der Waals surface area contributed by atoms with Crippen molar-refractivity contribution in [2.24, 2.45) is 0 Å². The molecule has 1 N–H and O–H groups in total. The lowest BCUT2D eigenvalue weighted by Gasteiger charge is -2.15. The van der Waals surface area contributed by atoms with Crippen LogP contribution in [0.1, 0.15) is 21.5 Å². The minimum atomic E-state index is -0.476. The molecular formula is C25H18BrFN2O4S2. The van der Waals surface area contributed by atoms with Crippen molar-refractivity contribution in [3.63, 3.8) is 0 Å². The molecule has 0 radical (unpaired) electrons. The summed E-state index contributed by atoms with van der Waals surface area (Å²) in [7, 11) is 1.53. The topological polar surface area (TPSA) is 67.9 Å². The van der Waals surface area contributed by atoms with Crippen molar-refractivity contribution in [1.82, 2.24) is 10.4 Å². The number of thioether (sulfide) groups is 1. The number of hydrazine groups is 1. The van der Waals surface area contributed by atoms with E-state index in [2.05, 4.69) is 21.4 Å². The molecule has 1 heterocycles. The Morgan fingerprint density at radius 2 is 1.86 bits per heavy atom. The van der Waals surface area contributed by atoms with E-state index in [9.17, 15) is 14.0 Å². The van der Waals surface area contributed by atoms with Crippen LogP contribution < -0.4 is 14.9 Å². The van der Waals surface area contributed by atoms with Crippen LogP contribution in [0.4, 0.5) is 4.39 Å². The largest absolute Gasteiger partial charge is 0.497 e. The molecule has 1 saturated heterocycles. The summed E-state index contributed by atoms with van der Waals surface area (Å²) in [5.41, 5.74) is 4.35. The van der Waals surface area contributed by atoms with Crippen LogP contribution in [0.5, 0.6) is 11.5 Å². The van der Waals surface area contributed by atoms with Crippen molar-refractivity contribution in [1.29, 1.82) is 0 Å². The fraction of sp³-hybridized carbons (Fsp3) is 0.0800. The van der Waals surface area contributed by atoms with E-state index in [1.807, 2.05) is 12.1 Å². The Labute approximate surface area is 219 Å². The molecule has 3 aromatic rings. The molecule has 0 saturated carbocycles. The number of benzene rings is 3. The Hall–Kier alpha value is -3.21. The molecule has 0 aliphatic carbocycles. The first-order valence-corrected chi connectivity index (χ1v) is 12.3. The normalized spacial score (nSPS) is 14.4. The zero-order valence-corrected chi connectivity index (χ0v) is 21.5. The molecule has 6 nitrogen and oxygen atoms in total. The standard InChI is InChI=1S/C25H18BrFN2O4S2/c1-32-20-9-4-16(5-10-20)23(30)28-29-24(31)22(35-25(29)34)13-17-12-18(26)6-11-21(17)33-14-15-2-7-19(27)8-3-15/h2-13H,14H2,1H3,(H,28,30)/b22-13-. The number of thiocarbonyl (C=S) groups is 1. The van der Waals surface area contributed by atoms with Crippen molar-refractivity contribution < 1.29 is 23.5 Å². The summed E-state index contributed by atoms with van der Waals surface area (Å²) in [6.45, 7) is 0.224. The first kappa shape index (κ1) is 24.9. The third-order valence-corrected chi connectivity index (χ3v) is 6.72. The van der Waals surface area contributed by atoms with Gasteiger partial charge in [-0.1, -0.05) is 39.8 Å². The van der Waals surface area contributed by atoms with E-state index in [1.165, 1.54) is 19.2 Å². The highest BCUT2D eigenvalue weighted by atomic mass is 79.9. The molecule has 0 spiro atoms. The van der Waals surface area contributed by atoms with Crippen molar-refractivity contribution in [2.75, 3.05) is 7.11 Å². The van der Waals surface area contributed by atoms with Gasteiger partial charge in [0.05, 0.1) is 12.0 Å². The van der Waals surface area contributed by atoms with Crippen LogP contribution in [-0.4, -0.2) is 28.3 Å². The van der Waals surface area contributed by atoms with Crippen molar-refractivity contribution >= 4 is 62.1 Å². The maximum absolute atomic E-state index is 13.2. The van der Waals surface area contributed by atoms with Crippen LogP contribution in [0.25, 0.3) is 6.08 Å². The predicted molar refractivity (Wildman–Crippen MR) is 140 cm³/mol. The van der Waals surface area contributed by atoms with Crippen molar-refractivity contribution in [2.45, 2.75) is 6.61 Å². The lowest BCUT2D eigenvalue weighted by molar-refractivity contribution is -0.123. The van der Waals surface area contributed by atoms with Gasteiger partial charge in [-0.15, -0.1) is 0 Å². The Morgan fingerprint density at radius 3 is 2.54 bits per heavy atom. The molecule has 10 heteroatoms. The van der Waals surface area contributed by atoms with Gasteiger partial charge in [0.1, 0.15) is 23.9 Å². The monoisotopic (exact) mass is 572 g/mol. The highest BCUT2D eigenvalue weighted by Gasteiger charge is 2.34. The molecular weight excluding hydrogens is 555 g/mol. The highest BCUT2D eigenvalue weighted by Crippen LogP contribution is 2.34. The molecule has 0 aromatic heterocycles. The van der Waals surface area contributed by atoms with Gasteiger partial charge in [-0.3, -0.25) is 15.0 Å². The molecule has 1 aliphatic heterocycles. The number of hydrogen-bond donors (Lipinski definition) is 1. The number of amides is 2. The molecule has 2 amide bonds. The summed E-state index contributed by atoms with van der Waals surface area (Å²) < 4.78 is 25.2. The second-order valence-electron chi connectivity index (χ2n) is 7.28. The summed E-state index contributed by atoms with van der Waals surface area (Å²) in [5, 5.41) is 1.05. The number of nitrogens with one attached hydrogen (secondary N) is 1. The molecule has 0 atom stereocenters. The number of rotatable bonds is 7. The Kier molecular flexibility index (Phi) is 7.84.